The molecule has 1 aliphatic rings. The van der Waals surface area contributed by atoms with Gasteiger partial charge in [0.1, 0.15) is 0 Å². The number of aryl methyl sites for hydroxylation is 1. The van der Waals surface area contributed by atoms with Crippen LogP contribution in [0.4, 0.5) is 0 Å². The Labute approximate surface area is 195 Å². The Balaban J connectivity index is 1.34. The molecule has 5 nitrogen and oxygen atoms in total. The lowest BCUT2D eigenvalue weighted by atomic mass is 10.1. The van der Waals surface area contributed by atoms with Gasteiger partial charge in [-0.15, -0.1) is 11.8 Å². The van der Waals surface area contributed by atoms with Gasteiger partial charge in [0.2, 0.25) is 5.91 Å². The number of hydrogen-bond acceptors (Lipinski definition) is 4. The third-order valence-corrected chi connectivity index (χ3v) is 6.16. The Morgan fingerprint density at radius 2 is 1.72 bits per heavy atom. The zero-order valence-corrected chi connectivity index (χ0v) is 20.1. The summed E-state index contributed by atoms with van der Waals surface area (Å²) in [5.41, 5.74) is 1.36. The molecule has 0 aliphatic carbocycles. The number of aromatic nitrogens is 1. The van der Waals surface area contributed by atoms with Crippen molar-refractivity contribution in [2.24, 2.45) is 0 Å². The molecule has 178 valence electrons. The normalized spacial score (nSPS) is 15.9. The molecule has 2 heterocycles. The minimum atomic E-state index is 0.138. The number of carbonyl (C=O) groups excluding carboxylic acids is 1. The number of hydroxylamine groups is 2. The Morgan fingerprint density at radius 1 is 1.03 bits per heavy atom. The molecule has 0 saturated carbocycles. The van der Waals surface area contributed by atoms with Crippen molar-refractivity contribution in [3.8, 4) is 11.8 Å². The van der Waals surface area contributed by atoms with Crippen LogP contribution in [0.15, 0.2) is 24.5 Å². The average Bonchev–Trinajstić information content (AvgIpc) is 2.82. The van der Waals surface area contributed by atoms with Crippen LogP contribution in [-0.2, 0) is 16.1 Å². The molecule has 1 aromatic rings. The lowest BCUT2D eigenvalue weighted by molar-refractivity contribution is -0.171. The van der Waals surface area contributed by atoms with Gasteiger partial charge in [0, 0.05) is 50.8 Å². The van der Waals surface area contributed by atoms with E-state index in [4.69, 9.17) is 4.84 Å². The Hall–Kier alpha value is -1.90. The van der Waals surface area contributed by atoms with Crippen molar-refractivity contribution in [3.05, 3.63) is 30.1 Å². The average molecular weight is 442 g/mol. The standard InChI is InChI=1S/C27H43N3O2/c1-32-30(26-19-21-29-27(31)23-26)22-15-13-11-9-7-5-3-2-4-6-8-10-12-14-17-25-18-16-20-28-24-25/h16,18,20,24,26H,2,4,6-15,17,19,21-23H2,1H3,(H,29,31). The highest BCUT2D eigenvalue weighted by molar-refractivity contribution is 5.77. The number of carbonyl (C=O) groups is 1. The summed E-state index contributed by atoms with van der Waals surface area (Å²) in [5.74, 6) is 6.84. The minimum absolute atomic E-state index is 0.138. The number of unbranched alkanes of at least 4 members (excludes halogenated alkanes) is 10. The van der Waals surface area contributed by atoms with Gasteiger partial charge in [-0.2, -0.15) is 5.06 Å². The fraction of sp³-hybridized carbons (Fsp3) is 0.704. The monoisotopic (exact) mass is 441 g/mol. The van der Waals surface area contributed by atoms with Gasteiger partial charge in [-0.1, -0.05) is 44.6 Å². The largest absolute Gasteiger partial charge is 0.356 e. The van der Waals surface area contributed by atoms with E-state index in [1.54, 1.807) is 7.11 Å². The van der Waals surface area contributed by atoms with Crippen LogP contribution in [-0.4, -0.2) is 42.2 Å². The SMILES string of the molecule is CON(CCCCCCC#CCCCCCCCCc1cccnc1)C1CCNC(=O)C1. The molecule has 1 amide bonds. The van der Waals surface area contributed by atoms with Crippen LogP contribution >= 0.6 is 0 Å². The number of hydrogen-bond donors (Lipinski definition) is 1. The van der Waals surface area contributed by atoms with Gasteiger partial charge >= 0.3 is 0 Å². The van der Waals surface area contributed by atoms with Crippen molar-refractivity contribution >= 4 is 5.91 Å². The first kappa shape index (κ1) is 26.4. The quantitative estimate of drug-likeness (QED) is 0.210. The van der Waals surface area contributed by atoms with Crippen LogP contribution in [0.25, 0.3) is 0 Å². The van der Waals surface area contributed by atoms with Crippen LogP contribution in [0, 0.1) is 11.8 Å². The second kappa shape index (κ2) is 17.6. The molecule has 32 heavy (non-hydrogen) atoms. The Morgan fingerprint density at radius 3 is 2.38 bits per heavy atom. The predicted octanol–water partition coefficient (Wildman–Crippen LogP) is 5.45. The van der Waals surface area contributed by atoms with E-state index in [1.807, 2.05) is 23.5 Å². The fourth-order valence-electron chi connectivity index (χ4n) is 4.24. The van der Waals surface area contributed by atoms with Gasteiger partial charge in [0.25, 0.3) is 0 Å². The van der Waals surface area contributed by atoms with Crippen molar-refractivity contribution in [1.29, 1.82) is 0 Å². The summed E-state index contributed by atoms with van der Waals surface area (Å²) < 4.78 is 0. The first-order chi connectivity index (χ1) is 15.8. The third-order valence-electron chi connectivity index (χ3n) is 6.16. The lowest BCUT2D eigenvalue weighted by Gasteiger charge is -2.31. The molecular formula is C27H43N3O2. The molecule has 1 aromatic heterocycles. The lowest BCUT2D eigenvalue weighted by Crippen LogP contribution is -2.45. The minimum Gasteiger partial charge on any atom is -0.356 e. The summed E-state index contributed by atoms with van der Waals surface area (Å²) in [5, 5.41) is 4.88. The van der Waals surface area contributed by atoms with E-state index in [0.29, 0.717) is 6.42 Å². The zero-order chi connectivity index (χ0) is 22.7. The molecular weight excluding hydrogens is 398 g/mol. The number of nitrogens with one attached hydrogen (secondary N) is 1. The molecule has 1 atom stereocenters. The number of rotatable bonds is 16. The van der Waals surface area contributed by atoms with Crippen LogP contribution < -0.4 is 5.32 Å². The van der Waals surface area contributed by atoms with Crippen molar-refractivity contribution in [1.82, 2.24) is 15.4 Å². The molecule has 1 fully saturated rings. The maximum atomic E-state index is 11.5. The first-order valence-corrected chi connectivity index (χ1v) is 12.7. The number of pyridine rings is 1. The highest BCUT2D eigenvalue weighted by Gasteiger charge is 2.24. The highest BCUT2D eigenvalue weighted by atomic mass is 16.7. The van der Waals surface area contributed by atoms with Crippen molar-refractivity contribution in [3.63, 3.8) is 0 Å². The second-order valence-electron chi connectivity index (χ2n) is 8.82. The number of piperidine rings is 1. The maximum Gasteiger partial charge on any atom is 0.221 e. The predicted molar refractivity (Wildman–Crippen MR) is 131 cm³/mol. The summed E-state index contributed by atoms with van der Waals surface area (Å²) >= 11 is 0. The number of amides is 1. The molecule has 0 radical (unpaired) electrons. The molecule has 0 bridgehead atoms. The van der Waals surface area contributed by atoms with Crippen LogP contribution in [0.2, 0.25) is 0 Å². The summed E-state index contributed by atoms with van der Waals surface area (Å²) in [6, 6.07) is 4.42. The fourth-order valence-corrected chi connectivity index (χ4v) is 4.24. The summed E-state index contributed by atoms with van der Waals surface area (Å²) in [6.07, 6.45) is 21.1. The third kappa shape index (κ3) is 12.2. The van der Waals surface area contributed by atoms with E-state index in [9.17, 15) is 4.79 Å². The van der Waals surface area contributed by atoms with Crippen LogP contribution in [0.1, 0.15) is 95.5 Å². The van der Waals surface area contributed by atoms with Crippen LogP contribution in [0.5, 0.6) is 0 Å². The molecule has 0 spiro atoms. The van der Waals surface area contributed by atoms with Gasteiger partial charge in [0.15, 0.2) is 0 Å². The van der Waals surface area contributed by atoms with Crippen molar-refractivity contribution < 1.29 is 9.63 Å². The van der Waals surface area contributed by atoms with Crippen LogP contribution in [0.3, 0.4) is 0 Å². The van der Waals surface area contributed by atoms with Gasteiger partial charge in [-0.3, -0.25) is 9.78 Å². The topological polar surface area (TPSA) is 54.5 Å². The molecule has 1 unspecified atom stereocenters. The van der Waals surface area contributed by atoms with E-state index in [1.165, 1.54) is 63.4 Å². The van der Waals surface area contributed by atoms with E-state index >= 15 is 0 Å². The van der Waals surface area contributed by atoms with E-state index in [-0.39, 0.29) is 11.9 Å². The van der Waals surface area contributed by atoms with E-state index < -0.39 is 0 Å². The van der Waals surface area contributed by atoms with Gasteiger partial charge < -0.3 is 10.2 Å². The van der Waals surface area contributed by atoms with Crippen molar-refractivity contribution in [2.45, 2.75) is 102 Å². The van der Waals surface area contributed by atoms with E-state index in [0.717, 1.165) is 45.2 Å². The summed E-state index contributed by atoms with van der Waals surface area (Å²) in [6.45, 7) is 1.67. The zero-order valence-electron chi connectivity index (χ0n) is 20.1. The summed E-state index contributed by atoms with van der Waals surface area (Å²) in [4.78, 5) is 21.2. The van der Waals surface area contributed by atoms with E-state index in [2.05, 4.69) is 28.2 Å². The Kier molecular flexibility index (Phi) is 14.5. The molecule has 1 saturated heterocycles. The van der Waals surface area contributed by atoms with Gasteiger partial charge in [0.05, 0.1) is 7.11 Å². The smallest absolute Gasteiger partial charge is 0.221 e. The van der Waals surface area contributed by atoms with Crippen molar-refractivity contribution in [2.75, 3.05) is 20.2 Å². The number of nitrogens with zero attached hydrogens (tertiary/aromatic N) is 2. The van der Waals surface area contributed by atoms with Gasteiger partial charge in [-0.05, 0) is 50.2 Å². The summed E-state index contributed by atoms with van der Waals surface area (Å²) in [7, 11) is 1.71. The Bertz CT molecular complexity index is 668. The molecule has 2 rings (SSSR count). The van der Waals surface area contributed by atoms with Gasteiger partial charge in [-0.25, -0.2) is 0 Å². The molecule has 1 N–H and O–H groups in total. The second-order valence-corrected chi connectivity index (χ2v) is 8.82. The molecule has 0 aromatic carbocycles. The highest BCUT2D eigenvalue weighted by Crippen LogP contribution is 2.14. The molecule has 5 heteroatoms. The maximum absolute atomic E-state index is 11.5. The first-order valence-electron chi connectivity index (χ1n) is 12.7. The molecule has 1 aliphatic heterocycles.